The Kier molecular flexibility index (Phi) is 22.2. The van der Waals surface area contributed by atoms with Gasteiger partial charge in [-0.05, 0) is 38.2 Å². The zero-order valence-corrected chi connectivity index (χ0v) is 15.1. The molecule has 6 heteroatoms. The van der Waals surface area contributed by atoms with Gasteiger partial charge in [0.1, 0.15) is 10.5 Å². The third-order valence-corrected chi connectivity index (χ3v) is 13.6. The Morgan fingerprint density at radius 2 is 2.09 bits per heavy atom. The van der Waals surface area contributed by atoms with Crippen LogP contribution in [0.5, 0.6) is 0 Å². The number of hydrogen-bond donors (Lipinski definition) is 1. The molecule has 0 aliphatic rings. The fraction of sp³-hybridized carbons (Fsp3) is 1.00. The lowest BCUT2D eigenvalue weighted by molar-refractivity contribution is 0.375. The molecule has 0 unspecified atom stereocenters. The topological polar surface area (TPSA) is 35.2 Å². The van der Waals surface area contributed by atoms with Crippen molar-refractivity contribution in [3.8, 4) is 0 Å². The van der Waals surface area contributed by atoms with Crippen LogP contribution < -0.4 is 5.73 Å². The minimum Gasteiger partial charge on any atom is -0.428 e. The van der Waals surface area contributed by atoms with Gasteiger partial charge in [-0.25, -0.2) is 0 Å². The van der Waals surface area contributed by atoms with Gasteiger partial charge in [0.05, 0.1) is 0 Å². The van der Waals surface area contributed by atoms with Gasteiger partial charge in [-0.2, -0.15) is 0 Å². The van der Waals surface area contributed by atoms with E-state index in [9.17, 15) is 0 Å². The summed E-state index contributed by atoms with van der Waals surface area (Å²) in [7, 11) is 3.60. The van der Waals surface area contributed by atoms with Crippen LogP contribution in [-0.4, -0.2) is 51.0 Å². The Morgan fingerprint density at radius 3 is 2.36 bits per heavy atom. The third kappa shape index (κ3) is 24.9. The van der Waals surface area contributed by atoms with Crippen molar-refractivity contribution in [1.82, 2.24) is 0 Å². The van der Waals surface area contributed by atoms with Crippen LogP contribution >= 0.6 is 0 Å². The highest BCUT2D eigenvalue weighted by atomic mass is 29.5. The Bertz CT molecular complexity index is 51.7. The van der Waals surface area contributed by atoms with E-state index in [2.05, 4.69) is 4.43 Å². The summed E-state index contributed by atoms with van der Waals surface area (Å²) in [5.74, 6) is 0. The molecule has 0 aliphatic heterocycles. The molecule has 0 aromatic rings. The van der Waals surface area contributed by atoms with E-state index in [4.69, 9.17) is 5.73 Å². The summed E-state index contributed by atoms with van der Waals surface area (Å²) in [6.07, 6.45) is 1.32. The number of hydrogen-bond acceptors (Lipinski definition) is 2. The van der Waals surface area contributed by atoms with Crippen LogP contribution in [0.2, 0.25) is 6.04 Å². The molecule has 0 radical (unpaired) electrons. The lowest BCUT2D eigenvalue weighted by Crippen LogP contribution is -2.05. The zero-order valence-electron chi connectivity index (χ0n) is 8.23. The standard InChI is InChI=1S/C3H15NSi3.C2H8OSi/c4-2-1-3-6-7-5;1-2-3-4/h1-4,6-7H2,5H3;2H2,1,4H3. The maximum atomic E-state index is 5.32. The second-order valence-electron chi connectivity index (χ2n) is 2.43. The molecule has 0 aromatic heterocycles. The Morgan fingerprint density at radius 1 is 1.55 bits per heavy atom. The molecule has 70 valence electrons. The molecule has 2 nitrogen and oxygen atoms in total. The molecule has 0 saturated heterocycles. The number of nitrogens with two attached hydrogens (primary N) is 1. The van der Waals surface area contributed by atoms with Crippen molar-refractivity contribution < 1.29 is 4.43 Å². The van der Waals surface area contributed by atoms with Crippen LogP contribution in [-0.2, 0) is 4.43 Å². The SMILES string of the molecule is CCO[SiH3].NCCC[SiH2][SiH2][SiH3]. The molecule has 0 aliphatic carbocycles. The summed E-state index contributed by atoms with van der Waals surface area (Å²) < 4.78 is 4.68. The quantitative estimate of drug-likeness (QED) is 0.391. The summed E-state index contributed by atoms with van der Waals surface area (Å²) >= 11 is 0. The first-order valence-electron chi connectivity index (χ1n) is 4.52. The molecule has 0 saturated carbocycles. The first-order valence-corrected chi connectivity index (χ1v) is 16.0. The first-order chi connectivity index (χ1) is 5.33. The van der Waals surface area contributed by atoms with Gasteiger partial charge in [-0.3, -0.25) is 0 Å². The normalized spacial score (nSPS) is 11.5. The smallest absolute Gasteiger partial charge is 0.145 e. The molecular formula is C5H23NOSi4. The lowest BCUT2D eigenvalue weighted by Gasteiger charge is -1.89. The summed E-state index contributed by atoms with van der Waals surface area (Å²) in [6, 6.07) is 1.55. The highest BCUT2D eigenvalue weighted by Crippen LogP contribution is 1.80. The second-order valence-corrected chi connectivity index (χ2v) is 19.5. The van der Waals surface area contributed by atoms with E-state index in [1.807, 2.05) is 6.92 Å². The van der Waals surface area contributed by atoms with E-state index >= 15 is 0 Å². The molecule has 11 heavy (non-hydrogen) atoms. The second kappa shape index (κ2) is 17.0. The van der Waals surface area contributed by atoms with Crippen LogP contribution in [0, 0.1) is 0 Å². The van der Waals surface area contributed by atoms with Gasteiger partial charge in [0.15, 0.2) is 0 Å². The zero-order chi connectivity index (χ0) is 8.95. The molecule has 0 aromatic carbocycles. The van der Waals surface area contributed by atoms with Crippen molar-refractivity contribution in [2.24, 2.45) is 5.73 Å². The van der Waals surface area contributed by atoms with E-state index < -0.39 is 0 Å². The number of rotatable bonds is 5. The molecule has 0 amide bonds. The fourth-order valence-electron chi connectivity index (χ4n) is 0.571. The summed E-state index contributed by atoms with van der Waals surface area (Å²) in [4.78, 5) is 0. The van der Waals surface area contributed by atoms with Crippen molar-refractivity contribution in [2.75, 3.05) is 13.2 Å². The molecule has 0 rings (SSSR count). The van der Waals surface area contributed by atoms with E-state index in [1.54, 1.807) is 15.8 Å². The average molecular weight is 226 g/mol. The van der Waals surface area contributed by atoms with Crippen LogP contribution in [0.3, 0.4) is 0 Å². The van der Waals surface area contributed by atoms with Gasteiger partial charge in [-0.1, -0.05) is 6.04 Å². The average Bonchev–Trinajstić information content (AvgIpc) is 2.06. The maximum absolute atomic E-state index is 5.32. The van der Waals surface area contributed by atoms with Crippen LogP contribution in [0.25, 0.3) is 0 Å². The molecule has 0 atom stereocenters. The molecule has 0 spiro atoms. The maximum Gasteiger partial charge on any atom is 0.145 e. The monoisotopic (exact) mass is 225 g/mol. The predicted molar refractivity (Wildman–Crippen MR) is 67.1 cm³/mol. The lowest BCUT2D eigenvalue weighted by atomic mass is 10.5. The van der Waals surface area contributed by atoms with Gasteiger partial charge in [-0.15, -0.1) is 0 Å². The molecule has 0 bridgehead atoms. The van der Waals surface area contributed by atoms with E-state index in [1.165, 1.54) is 6.42 Å². The van der Waals surface area contributed by atoms with Crippen molar-refractivity contribution >= 4 is 37.8 Å². The highest BCUT2D eigenvalue weighted by Gasteiger charge is 1.82. The van der Waals surface area contributed by atoms with Crippen molar-refractivity contribution in [3.05, 3.63) is 0 Å². The largest absolute Gasteiger partial charge is 0.428 e. The van der Waals surface area contributed by atoms with Gasteiger partial charge >= 0.3 is 0 Å². The summed E-state index contributed by atoms with van der Waals surface area (Å²) in [6.45, 7) is 3.81. The van der Waals surface area contributed by atoms with Gasteiger partial charge in [0, 0.05) is 15.6 Å². The minimum absolute atomic E-state index is 0.531. The summed E-state index contributed by atoms with van der Waals surface area (Å²) in [5, 5.41) is 0. The van der Waals surface area contributed by atoms with Gasteiger partial charge < -0.3 is 10.2 Å². The third-order valence-electron chi connectivity index (χ3n) is 1.35. The molecular weight excluding hydrogens is 202 g/mol. The van der Waals surface area contributed by atoms with Gasteiger partial charge in [0.25, 0.3) is 0 Å². The summed E-state index contributed by atoms with van der Waals surface area (Å²) in [5.41, 5.74) is 5.32. The van der Waals surface area contributed by atoms with Crippen LogP contribution in [0.4, 0.5) is 0 Å². The highest BCUT2D eigenvalue weighted by molar-refractivity contribution is 7.23. The first kappa shape index (κ1) is 14.3. The molecule has 0 heterocycles. The Balaban J connectivity index is 0. The van der Waals surface area contributed by atoms with E-state index in [0.29, 0.717) is 17.6 Å². The van der Waals surface area contributed by atoms with Crippen LogP contribution in [0.1, 0.15) is 13.3 Å². The Labute approximate surface area is 80.8 Å². The van der Waals surface area contributed by atoms with E-state index in [0.717, 1.165) is 23.6 Å². The van der Waals surface area contributed by atoms with Crippen molar-refractivity contribution in [3.63, 3.8) is 0 Å². The Hall–Kier alpha value is 0.788. The minimum atomic E-state index is 0.531. The van der Waals surface area contributed by atoms with Crippen molar-refractivity contribution in [2.45, 2.75) is 19.4 Å². The van der Waals surface area contributed by atoms with Crippen LogP contribution in [0.15, 0.2) is 0 Å². The van der Waals surface area contributed by atoms with Gasteiger partial charge in [0.2, 0.25) is 0 Å². The molecule has 2 N–H and O–H groups in total. The van der Waals surface area contributed by atoms with E-state index in [-0.39, 0.29) is 0 Å². The van der Waals surface area contributed by atoms with Crippen molar-refractivity contribution in [1.29, 1.82) is 0 Å². The molecule has 0 fully saturated rings. The predicted octanol–water partition coefficient (Wildman–Crippen LogP) is -3.41. The fourth-order valence-corrected chi connectivity index (χ4v) is 8.77.